The Kier molecular flexibility index (Phi) is 2.50. The standard InChI is InChI=1S/C6H12N2O2/c9-6(10)8-4-2-1-3-7-5-8/h7H,1-5H2,(H,9,10). The Labute approximate surface area is 59.8 Å². The number of rotatable bonds is 0. The van der Waals surface area contributed by atoms with Crippen molar-refractivity contribution in [2.45, 2.75) is 12.8 Å². The van der Waals surface area contributed by atoms with E-state index in [2.05, 4.69) is 5.32 Å². The second-order valence-corrected chi connectivity index (χ2v) is 2.41. The summed E-state index contributed by atoms with van der Waals surface area (Å²) in [5.74, 6) is 0. The molecule has 1 heterocycles. The molecule has 0 bridgehead atoms. The maximum Gasteiger partial charge on any atom is 0.408 e. The first-order valence-corrected chi connectivity index (χ1v) is 3.49. The molecular formula is C6H12N2O2. The van der Waals surface area contributed by atoms with Crippen LogP contribution in [-0.4, -0.2) is 35.9 Å². The number of amides is 1. The molecule has 0 aromatic heterocycles. The highest BCUT2D eigenvalue weighted by atomic mass is 16.4. The van der Waals surface area contributed by atoms with Crippen molar-refractivity contribution >= 4 is 6.09 Å². The highest BCUT2D eigenvalue weighted by Gasteiger charge is 2.12. The van der Waals surface area contributed by atoms with Gasteiger partial charge in [0.2, 0.25) is 0 Å². The van der Waals surface area contributed by atoms with E-state index in [4.69, 9.17) is 5.11 Å². The quantitative estimate of drug-likeness (QED) is 0.514. The Balaban J connectivity index is 2.35. The van der Waals surface area contributed by atoms with Gasteiger partial charge in [-0.3, -0.25) is 10.2 Å². The van der Waals surface area contributed by atoms with E-state index in [0.717, 1.165) is 19.4 Å². The Morgan fingerprint density at radius 2 is 2.30 bits per heavy atom. The van der Waals surface area contributed by atoms with Gasteiger partial charge in [-0.15, -0.1) is 0 Å². The molecule has 2 N–H and O–H groups in total. The van der Waals surface area contributed by atoms with Gasteiger partial charge in [0, 0.05) is 6.54 Å². The highest BCUT2D eigenvalue weighted by molar-refractivity contribution is 5.64. The first-order chi connectivity index (χ1) is 4.80. The number of nitrogens with zero attached hydrogens (tertiary/aromatic N) is 1. The minimum absolute atomic E-state index is 0.481. The van der Waals surface area contributed by atoms with E-state index in [9.17, 15) is 4.79 Å². The first kappa shape index (κ1) is 7.34. The Bertz CT molecular complexity index is 119. The van der Waals surface area contributed by atoms with Crippen LogP contribution in [0.2, 0.25) is 0 Å². The van der Waals surface area contributed by atoms with Crippen LogP contribution >= 0.6 is 0 Å². The van der Waals surface area contributed by atoms with E-state index in [0.29, 0.717) is 13.2 Å². The SMILES string of the molecule is O=C(O)N1CCCCNC1. The molecular weight excluding hydrogens is 132 g/mol. The second kappa shape index (κ2) is 3.41. The molecule has 1 aliphatic heterocycles. The molecule has 4 nitrogen and oxygen atoms in total. The molecule has 0 aromatic carbocycles. The molecule has 0 saturated carbocycles. The molecule has 1 saturated heterocycles. The van der Waals surface area contributed by atoms with E-state index in [-0.39, 0.29) is 0 Å². The molecule has 0 spiro atoms. The lowest BCUT2D eigenvalue weighted by Gasteiger charge is -2.14. The van der Waals surface area contributed by atoms with Gasteiger partial charge in [-0.25, -0.2) is 4.79 Å². The van der Waals surface area contributed by atoms with Gasteiger partial charge in [0.25, 0.3) is 0 Å². The van der Waals surface area contributed by atoms with Gasteiger partial charge >= 0.3 is 6.09 Å². The van der Waals surface area contributed by atoms with Crippen molar-refractivity contribution in [3.8, 4) is 0 Å². The molecule has 0 unspecified atom stereocenters. The van der Waals surface area contributed by atoms with Crippen LogP contribution in [0, 0.1) is 0 Å². The highest BCUT2D eigenvalue weighted by Crippen LogP contribution is 1.97. The topological polar surface area (TPSA) is 52.6 Å². The second-order valence-electron chi connectivity index (χ2n) is 2.41. The summed E-state index contributed by atoms with van der Waals surface area (Å²) in [6.07, 6.45) is 1.22. The van der Waals surface area contributed by atoms with Crippen LogP contribution in [0.3, 0.4) is 0 Å². The number of nitrogens with one attached hydrogen (secondary N) is 1. The first-order valence-electron chi connectivity index (χ1n) is 3.49. The van der Waals surface area contributed by atoms with Gasteiger partial charge in [-0.05, 0) is 19.4 Å². The zero-order chi connectivity index (χ0) is 7.40. The summed E-state index contributed by atoms with van der Waals surface area (Å²) in [5, 5.41) is 11.6. The lowest BCUT2D eigenvalue weighted by Crippen LogP contribution is -2.36. The van der Waals surface area contributed by atoms with Crippen molar-refractivity contribution in [2.75, 3.05) is 19.8 Å². The van der Waals surface area contributed by atoms with Crippen molar-refractivity contribution in [3.05, 3.63) is 0 Å². The zero-order valence-corrected chi connectivity index (χ0v) is 5.84. The van der Waals surface area contributed by atoms with Gasteiger partial charge in [-0.2, -0.15) is 0 Å². The fourth-order valence-electron chi connectivity index (χ4n) is 1.01. The third-order valence-corrected chi connectivity index (χ3v) is 1.60. The van der Waals surface area contributed by atoms with Crippen molar-refractivity contribution < 1.29 is 9.90 Å². The molecule has 1 amide bonds. The molecule has 1 rings (SSSR count). The maximum atomic E-state index is 10.4. The largest absolute Gasteiger partial charge is 0.465 e. The van der Waals surface area contributed by atoms with Gasteiger partial charge in [-0.1, -0.05) is 0 Å². The average molecular weight is 144 g/mol. The average Bonchev–Trinajstić information content (AvgIpc) is 2.12. The predicted molar refractivity (Wildman–Crippen MR) is 36.8 cm³/mol. The summed E-state index contributed by atoms with van der Waals surface area (Å²) in [6.45, 7) is 2.08. The molecule has 10 heavy (non-hydrogen) atoms. The third kappa shape index (κ3) is 1.88. The van der Waals surface area contributed by atoms with Gasteiger partial charge < -0.3 is 5.11 Å². The molecule has 0 aliphatic carbocycles. The summed E-state index contributed by atoms with van der Waals surface area (Å²) in [6, 6.07) is 0. The number of carboxylic acid groups (broad SMARTS) is 1. The fourth-order valence-corrected chi connectivity index (χ4v) is 1.01. The van der Waals surface area contributed by atoms with Crippen molar-refractivity contribution in [2.24, 2.45) is 0 Å². The lowest BCUT2D eigenvalue weighted by atomic mass is 10.3. The van der Waals surface area contributed by atoms with E-state index < -0.39 is 6.09 Å². The van der Waals surface area contributed by atoms with Crippen LogP contribution < -0.4 is 5.32 Å². The van der Waals surface area contributed by atoms with Gasteiger partial charge in [0.05, 0.1) is 6.67 Å². The van der Waals surface area contributed by atoms with Crippen molar-refractivity contribution in [3.63, 3.8) is 0 Å². The smallest absolute Gasteiger partial charge is 0.408 e. The minimum atomic E-state index is -0.825. The molecule has 1 fully saturated rings. The lowest BCUT2D eigenvalue weighted by molar-refractivity contribution is 0.144. The summed E-state index contributed by atoms with van der Waals surface area (Å²) in [5.41, 5.74) is 0. The van der Waals surface area contributed by atoms with E-state index in [1.54, 1.807) is 0 Å². The van der Waals surface area contributed by atoms with Gasteiger partial charge in [0.15, 0.2) is 0 Å². The van der Waals surface area contributed by atoms with Gasteiger partial charge in [0.1, 0.15) is 0 Å². The molecule has 0 atom stereocenters. The Morgan fingerprint density at radius 3 is 3.00 bits per heavy atom. The van der Waals surface area contributed by atoms with Crippen LogP contribution in [0.5, 0.6) is 0 Å². The fraction of sp³-hybridized carbons (Fsp3) is 0.833. The molecule has 4 heteroatoms. The van der Waals surface area contributed by atoms with Crippen LogP contribution in [0.25, 0.3) is 0 Å². The molecule has 58 valence electrons. The number of carbonyl (C=O) groups is 1. The molecule has 0 aromatic rings. The van der Waals surface area contributed by atoms with Crippen LogP contribution in [0.4, 0.5) is 4.79 Å². The monoisotopic (exact) mass is 144 g/mol. The summed E-state index contributed by atoms with van der Waals surface area (Å²) < 4.78 is 0. The Hall–Kier alpha value is -0.770. The zero-order valence-electron chi connectivity index (χ0n) is 5.84. The Morgan fingerprint density at radius 1 is 1.50 bits per heavy atom. The van der Waals surface area contributed by atoms with E-state index in [1.165, 1.54) is 4.90 Å². The van der Waals surface area contributed by atoms with Crippen molar-refractivity contribution in [1.82, 2.24) is 10.2 Å². The maximum absolute atomic E-state index is 10.4. The number of hydrogen-bond acceptors (Lipinski definition) is 2. The van der Waals surface area contributed by atoms with Crippen LogP contribution in [0.15, 0.2) is 0 Å². The predicted octanol–water partition coefficient (Wildman–Crippen LogP) is 0.307. The normalized spacial score (nSPS) is 20.2. The molecule has 1 aliphatic rings. The van der Waals surface area contributed by atoms with Crippen LogP contribution in [-0.2, 0) is 0 Å². The van der Waals surface area contributed by atoms with Crippen LogP contribution in [0.1, 0.15) is 12.8 Å². The summed E-state index contributed by atoms with van der Waals surface area (Å²) in [7, 11) is 0. The minimum Gasteiger partial charge on any atom is -0.465 e. The van der Waals surface area contributed by atoms with E-state index >= 15 is 0 Å². The molecule has 0 radical (unpaired) electrons. The third-order valence-electron chi connectivity index (χ3n) is 1.60. The summed E-state index contributed by atoms with van der Waals surface area (Å²) in [4.78, 5) is 11.8. The van der Waals surface area contributed by atoms with E-state index in [1.807, 2.05) is 0 Å². The summed E-state index contributed by atoms with van der Waals surface area (Å²) >= 11 is 0. The number of hydrogen-bond donors (Lipinski definition) is 2. The van der Waals surface area contributed by atoms with Crippen molar-refractivity contribution in [1.29, 1.82) is 0 Å².